The van der Waals surface area contributed by atoms with Crippen LogP contribution in [0.15, 0.2) is 18.3 Å². The van der Waals surface area contributed by atoms with Crippen LogP contribution in [0, 0.1) is 0 Å². The lowest BCUT2D eigenvalue weighted by molar-refractivity contribution is 0.0424. The van der Waals surface area contributed by atoms with E-state index in [0.29, 0.717) is 6.61 Å². The van der Waals surface area contributed by atoms with Gasteiger partial charge in [-0.05, 0) is 12.1 Å². The summed E-state index contributed by atoms with van der Waals surface area (Å²) in [6.07, 6.45) is 1.38. The zero-order valence-electron chi connectivity index (χ0n) is 6.24. The van der Waals surface area contributed by atoms with Gasteiger partial charge in [0.1, 0.15) is 12.4 Å². The van der Waals surface area contributed by atoms with Crippen molar-refractivity contribution >= 4 is 0 Å². The highest BCUT2D eigenvalue weighted by Crippen LogP contribution is 2.05. The molecule has 0 saturated carbocycles. The number of nitrogens with one attached hydrogen (secondary N) is 1. The molecule has 0 amide bonds. The first-order valence-corrected chi connectivity index (χ1v) is 3.25. The molecule has 0 saturated heterocycles. The van der Waals surface area contributed by atoms with Crippen LogP contribution in [0.5, 0.6) is 5.75 Å². The summed E-state index contributed by atoms with van der Waals surface area (Å²) >= 11 is 0. The van der Waals surface area contributed by atoms with Gasteiger partial charge in [-0.25, -0.2) is 5.48 Å². The van der Waals surface area contributed by atoms with Crippen LogP contribution in [0.2, 0.25) is 0 Å². The van der Waals surface area contributed by atoms with E-state index in [1.54, 1.807) is 19.2 Å². The number of hydrogen-bond donors (Lipinski definition) is 2. The number of aromatic hydroxyl groups is 1. The highest BCUT2D eigenvalue weighted by molar-refractivity contribution is 5.17. The quantitative estimate of drug-likeness (QED) is 0.620. The summed E-state index contributed by atoms with van der Waals surface area (Å²) in [5, 5.41) is 8.86. The summed E-state index contributed by atoms with van der Waals surface area (Å²) in [7, 11) is 1.68. The molecule has 0 spiro atoms. The van der Waals surface area contributed by atoms with Crippen LogP contribution in [0.25, 0.3) is 0 Å². The van der Waals surface area contributed by atoms with Crippen molar-refractivity contribution in [2.75, 3.05) is 7.05 Å². The number of aromatic nitrogens is 1. The second kappa shape index (κ2) is 3.90. The number of rotatable bonds is 3. The Morgan fingerprint density at radius 2 is 2.45 bits per heavy atom. The zero-order chi connectivity index (χ0) is 8.10. The second-order valence-electron chi connectivity index (χ2n) is 2.00. The molecule has 0 aromatic carbocycles. The monoisotopic (exact) mass is 154 g/mol. The van der Waals surface area contributed by atoms with Gasteiger partial charge in [0.2, 0.25) is 0 Å². The van der Waals surface area contributed by atoms with Gasteiger partial charge in [0.15, 0.2) is 0 Å². The summed E-state index contributed by atoms with van der Waals surface area (Å²) < 4.78 is 0. The molecule has 0 unspecified atom stereocenters. The van der Waals surface area contributed by atoms with Crippen molar-refractivity contribution in [1.82, 2.24) is 10.5 Å². The van der Waals surface area contributed by atoms with Crippen molar-refractivity contribution in [1.29, 1.82) is 0 Å². The Morgan fingerprint density at radius 1 is 1.64 bits per heavy atom. The van der Waals surface area contributed by atoms with Crippen LogP contribution in [0.4, 0.5) is 0 Å². The Hall–Kier alpha value is -1.13. The van der Waals surface area contributed by atoms with E-state index >= 15 is 0 Å². The standard InChI is InChI=1S/C7H10N2O2/c1-8-11-5-6-2-3-7(10)4-9-6/h2-4,8,10H,5H2,1H3. The maximum absolute atomic E-state index is 8.86. The molecular weight excluding hydrogens is 144 g/mol. The Kier molecular flexibility index (Phi) is 2.83. The third-order valence-electron chi connectivity index (χ3n) is 1.17. The van der Waals surface area contributed by atoms with Crippen molar-refractivity contribution in [2.45, 2.75) is 6.61 Å². The van der Waals surface area contributed by atoms with E-state index in [-0.39, 0.29) is 5.75 Å². The van der Waals surface area contributed by atoms with Crippen molar-refractivity contribution in [3.63, 3.8) is 0 Å². The second-order valence-corrected chi connectivity index (χ2v) is 2.00. The third-order valence-corrected chi connectivity index (χ3v) is 1.17. The summed E-state index contributed by atoms with van der Waals surface area (Å²) in [5.41, 5.74) is 3.30. The molecule has 1 rings (SSSR count). The topological polar surface area (TPSA) is 54.4 Å². The minimum atomic E-state index is 0.165. The van der Waals surface area contributed by atoms with E-state index in [2.05, 4.69) is 10.5 Å². The number of hydrogen-bond acceptors (Lipinski definition) is 4. The lowest BCUT2D eigenvalue weighted by Crippen LogP contribution is -2.07. The van der Waals surface area contributed by atoms with Gasteiger partial charge >= 0.3 is 0 Å². The van der Waals surface area contributed by atoms with E-state index in [0.717, 1.165) is 5.69 Å². The molecule has 0 aliphatic carbocycles. The minimum Gasteiger partial charge on any atom is -0.506 e. The van der Waals surface area contributed by atoms with Gasteiger partial charge in [0.25, 0.3) is 0 Å². The normalized spacial score (nSPS) is 9.91. The fourth-order valence-corrected chi connectivity index (χ4v) is 0.648. The highest BCUT2D eigenvalue weighted by atomic mass is 16.6. The Bertz CT molecular complexity index is 210. The third kappa shape index (κ3) is 2.53. The molecule has 2 N–H and O–H groups in total. The number of hydroxylamine groups is 1. The molecular formula is C7H10N2O2. The predicted octanol–water partition coefficient (Wildman–Crippen LogP) is 0.438. The average Bonchev–Trinajstić information content (AvgIpc) is 2.04. The SMILES string of the molecule is CNOCc1ccc(O)cn1. The summed E-state index contributed by atoms with van der Waals surface area (Å²) in [4.78, 5) is 8.77. The van der Waals surface area contributed by atoms with Crippen LogP contribution in [-0.4, -0.2) is 17.1 Å². The number of nitrogens with zero attached hydrogens (tertiary/aromatic N) is 1. The van der Waals surface area contributed by atoms with E-state index in [4.69, 9.17) is 9.94 Å². The average molecular weight is 154 g/mol. The Labute approximate surface area is 64.8 Å². The first-order valence-electron chi connectivity index (χ1n) is 3.25. The van der Waals surface area contributed by atoms with Crippen LogP contribution < -0.4 is 5.48 Å². The summed E-state index contributed by atoms with van der Waals surface area (Å²) in [6, 6.07) is 3.27. The number of pyridine rings is 1. The Balaban J connectivity index is 2.52. The van der Waals surface area contributed by atoms with Gasteiger partial charge in [-0.1, -0.05) is 0 Å². The molecule has 0 aliphatic rings. The van der Waals surface area contributed by atoms with E-state index in [1.807, 2.05) is 0 Å². The molecule has 0 atom stereocenters. The van der Waals surface area contributed by atoms with Crippen molar-refractivity contribution < 1.29 is 9.94 Å². The lowest BCUT2D eigenvalue weighted by atomic mass is 10.3. The maximum atomic E-state index is 8.86. The van der Waals surface area contributed by atoms with E-state index < -0.39 is 0 Å². The maximum Gasteiger partial charge on any atom is 0.133 e. The highest BCUT2D eigenvalue weighted by Gasteiger charge is 1.92. The molecule has 4 heteroatoms. The van der Waals surface area contributed by atoms with Gasteiger partial charge in [-0.2, -0.15) is 0 Å². The fourth-order valence-electron chi connectivity index (χ4n) is 0.648. The van der Waals surface area contributed by atoms with Gasteiger partial charge in [-0.15, -0.1) is 0 Å². The van der Waals surface area contributed by atoms with Crippen LogP contribution in [0.1, 0.15) is 5.69 Å². The van der Waals surface area contributed by atoms with Gasteiger partial charge in [-0.3, -0.25) is 9.82 Å². The smallest absolute Gasteiger partial charge is 0.133 e. The molecule has 4 nitrogen and oxygen atoms in total. The summed E-state index contributed by atoms with van der Waals surface area (Å²) in [5.74, 6) is 0.165. The summed E-state index contributed by atoms with van der Waals surface area (Å²) in [6.45, 7) is 0.400. The predicted molar refractivity (Wildman–Crippen MR) is 39.8 cm³/mol. The first kappa shape index (κ1) is 7.97. The van der Waals surface area contributed by atoms with E-state index in [1.165, 1.54) is 6.20 Å². The molecule has 0 bridgehead atoms. The molecule has 11 heavy (non-hydrogen) atoms. The van der Waals surface area contributed by atoms with Crippen LogP contribution in [-0.2, 0) is 11.4 Å². The molecule has 0 radical (unpaired) electrons. The molecule has 60 valence electrons. The largest absolute Gasteiger partial charge is 0.506 e. The molecule has 0 fully saturated rings. The van der Waals surface area contributed by atoms with E-state index in [9.17, 15) is 0 Å². The van der Waals surface area contributed by atoms with Gasteiger partial charge < -0.3 is 5.11 Å². The van der Waals surface area contributed by atoms with Crippen molar-refractivity contribution in [2.24, 2.45) is 0 Å². The first-order chi connectivity index (χ1) is 5.33. The minimum absolute atomic E-state index is 0.165. The lowest BCUT2D eigenvalue weighted by Gasteiger charge is -1.99. The molecule has 1 heterocycles. The Morgan fingerprint density at radius 3 is 3.00 bits per heavy atom. The van der Waals surface area contributed by atoms with Crippen molar-refractivity contribution in [3.05, 3.63) is 24.0 Å². The molecule has 0 aliphatic heterocycles. The van der Waals surface area contributed by atoms with Crippen molar-refractivity contribution in [3.8, 4) is 5.75 Å². The molecule has 1 aromatic heterocycles. The zero-order valence-corrected chi connectivity index (χ0v) is 6.24. The van der Waals surface area contributed by atoms with Gasteiger partial charge in [0, 0.05) is 7.05 Å². The molecule has 1 aromatic rings. The van der Waals surface area contributed by atoms with Gasteiger partial charge in [0.05, 0.1) is 11.9 Å². The van der Waals surface area contributed by atoms with Crippen LogP contribution >= 0.6 is 0 Å². The van der Waals surface area contributed by atoms with Crippen LogP contribution in [0.3, 0.4) is 0 Å². The fraction of sp³-hybridized carbons (Fsp3) is 0.286.